The van der Waals surface area contributed by atoms with Crippen molar-refractivity contribution >= 4 is 22.6 Å². The maximum atomic E-state index is 5.47. The van der Waals surface area contributed by atoms with E-state index in [4.69, 9.17) is 9.73 Å². The molecule has 2 aliphatic rings. The molecule has 5 heteroatoms. The summed E-state index contributed by atoms with van der Waals surface area (Å²) in [5, 5.41) is 1.15. The Morgan fingerprint density at radius 3 is 2.50 bits per heavy atom. The minimum absolute atomic E-state index is 0.806. The number of hydrogen-bond acceptors (Lipinski definition) is 4. The third-order valence-corrected chi connectivity index (χ3v) is 5.09. The Labute approximate surface area is 137 Å². The van der Waals surface area contributed by atoms with Crippen LogP contribution in [0.25, 0.3) is 0 Å². The number of nitrogens with zero attached hydrogens (tertiary/aromatic N) is 3. The first kappa shape index (κ1) is 15.8. The van der Waals surface area contributed by atoms with Crippen LogP contribution >= 0.6 is 11.8 Å². The van der Waals surface area contributed by atoms with E-state index < -0.39 is 0 Å². The number of hydrogen-bond donors (Lipinski definition) is 0. The van der Waals surface area contributed by atoms with E-state index in [0.717, 1.165) is 42.9 Å². The van der Waals surface area contributed by atoms with E-state index in [0.29, 0.717) is 0 Å². The van der Waals surface area contributed by atoms with Gasteiger partial charge in [0.15, 0.2) is 5.17 Å². The lowest BCUT2D eigenvalue weighted by atomic mass is 10.3. The molecule has 4 nitrogen and oxygen atoms in total. The van der Waals surface area contributed by atoms with Crippen LogP contribution in [-0.4, -0.2) is 66.7 Å². The van der Waals surface area contributed by atoms with Crippen molar-refractivity contribution in [3.8, 4) is 0 Å². The molecule has 22 heavy (non-hydrogen) atoms. The molecule has 2 heterocycles. The van der Waals surface area contributed by atoms with Crippen LogP contribution in [0.4, 0.5) is 5.69 Å². The number of morpholine rings is 1. The molecule has 0 aromatic heterocycles. The Balaban J connectivity index is 1.61. The molecule has 0 radical (unpaired) electrons. The fourth-order valence-corrected chi connectivity index (χ4v) is 3.90. The summed E-state index contributed by atoms with van der Waals surface area (Å²) in [5.74, 6) is 1.11. The Morgan fingerprint density at radius 2 is 1.77 bits per heavy atom. The number of rotatable bonds is 4. The molecule has 3 rings (SSSR count). The maximum Gasteiger partial charge on any atom is 0.164 e. The Kier molecular flexibility index (Phi) is 6.16. The van der Waals surface area contributed by atoms with Crippen LogP contribution in [0.2, 0.25) is 0 Å². The first-order valence-corrected chi connectivity index (χ1v) is 9.22. The highest BCUT2D eigenvalue weighted by atomic mass is 32.2. The monoisotopic (exact) mass is 319 g/mol. The van der Waals surface area contributed by atoms with Crippen LogP contribution in [0, 0.1) is 0 Å². The number of likely N-dealkylation sites (tertiary alicyclic amines) is 1. The van der Waals surface area contributed by atoms with Gasteiger partial charge in [-0.2, -0.15) is 0 Å². The minimum atomic E-state index is 0.806. The van der Waals surface area contributed by atoms with E-state index in [1.807, 2.05) is 30.0 Å². The van der Waals surface area contributed by atoms with Gasteiger partial charge in [0, 0.05) is 25.4 Å². The Hall–Kier alpha value is -1.04. The summed E-state index contributed by atoms with van der Waals surface area (Å²) in [6.07, 6.45) is 2.72. The van der Waals surface area contributed by atoms with Crippen LogP contribution in [0.15, 0.2) is 35.3 Å². The van der Waals surface area contributed by atoms with Crippen LogP contribution in [0.1, 0.15) is 12.8 Å². The molecule has 0 amide bonds. The summed E-state index contributed by atoms with van der Waals surface area (Å²) in [6, 6.07) is 10.3. The number of para-hydroxylation sites is 1. The molecule has 2 fully saturated rings. The van der Waals surface area contributed by atoms with Gasteiger partial charge in [0.25, 0.3) is 0 Å². The minimum Gasteiger partial charge on any atom is -0.378 e. The summed E-state index contributed by atoms with van der Waals surface area (Å²) in [5.41, 5.74) is 1.04. The van der Waals surface area contributed by atoms with Crippen LogP contribution < -0.4 is 0 Å². The highest BCUT2D eigenvalue weighted by Gasteiger charge is 2.17. The van der Waals surface area contributed by atoms with E-state index in [2.05, 4.69) is 21.9 Å². The molecule has 0 N–H and O–H groups in total. The van der Waals surface area contributed by atoms with E-state index in [-0.39, 0.29) is 0 Å². The van der Waals surface area contributed by atoms with Gasteiger partial charge in [-0.1, -0.05) is 30.0 Å². The van der Waals surface area contributed by atoms with Gasteiger partial charge < -0.3 is 14.5 Å². The number of amidine groups is 1. The fraction of sp³-hybridized carbons (Fsp3) is 0.588. The third-order valence-electron chi connectivity index (χ3n) is 4.10. The molecule has 0 saturated carbocycles. The second-order valence-electron chi connectivity index (χ2n) is 5.73. The molecule has 0 bridgehead atoms. The van der Waals surface area contributed by atoms with Gasteiger partial charge in [0.05, 0.1) is 18.9 Å². The maximum absolute atomic E-state index is 5.47. The third kappa shape index (κ3) is 4.73. The van der Waals surface area contributed by atoms with Crippen molar-refractivity contribution in [1.29, 1.82) is 0 Å². The molecule has 0 unspecified atom stereocenters. The van der Waals surface area contributed by atoms with Crippen LogP contribution in [0.5, 0.6) is 0 Å². The highest BCUT2D eigenvalue weighted by Crippen LogP contribution is 2.19. The van der Waals surface area contributed by atoms with Crippen molar-refractivity contribution in [2.75, 3.05) is 51.7 Å². The molecular formula is C17H25N3OS. The lowest BCUT2D eigenvalue weighted by Crippen LogP contribution is -2.39. The van der Waals surface area contributed by atoms with Crippen LogP contribution in [0.3, 0.4) is 0 Å². The molecule has 2 aliphatic heterocycles. The molecule has 120 valence electrons. The zero-order valence-corrected chi connectivity index (χ0v) is 13.9. The Morgan fingerprint density at radius 1 is 1.05 bits per heavy atom. The predicted molar refractivity (Wildman–Crippen MR) is 94.1 cm³/mol. The molecule has 0 aliphatic carbocycles. The summed E-state index contributed by atoms with van der Waals surface area (Å²) in [4.78, 5) is 9.81. The van der Waals surface area contributed by atoms with Crippen molar-refractivity contribution in [2.24, 2.45) is 4.99 Å². The molecule has 1 aromatic rings. The van der Waals surface area contributed by atoms with Crippen molar-refractivity contribution < 1.29 is 4.74 Å². The summed E-state index contributed by atoms with van der Waals surface area (Å²) in [6.45, 7) is 7.21. The second-order valence-corrected chi connectivity index (χ2v) is 6.79. The average molecular weight is 319 g/mol. The standard InChI is InChI=1S/C17H25N3OS/c1-2-6-16(7-3-1)18-17(20-10-13-21-14-11-20)22-15-12-19-8-4-5-9-19/h1-3,6-7H,4-5,8-15H2. The Bertz CT molecular complexity index is 468. The largest absolute Gasteiger partial charge is 0.378 e. The quantitative estimate of drug-likeness (QED) is 0.630. The number of aliphatic imine (C=N–C) groups is 1. The first-order chi connectivity index (χ1) is 10.9. The number of benzene rings is 1. The van der Waals surface area contributed by atoms with E-state index in [1.165, 1.54) is 32.5 Å². The van der Waals surface area contributed by atoms with Gasteiger partial charge in [-0.15, -0.1) is 0 Å². The van der Waals surface area contributed by atoms with Crippen molar-refractivity contribution in [3.05, 3.63) is 30.3 Å². The van der Waals surface area contributed by atoms with Gasteiger partial charge in [-0.05, 0) is 38.1 Å². The predicted octanol–water partition coefficient (Wildman–Crippen LogP) is 2.84. The highest BCUT2D eigenvalue weighted by molar-refractivity contribution is 8.13. The average Bonchev–Trinajstić information content (AvgIpc) is 3.09. The number of ether oxygens (including phenoxy) is 1. The summed E-state index contributed by atoms with van der Waals surface area (Å²) >= 11 is 1.89. The molecular weight excluding hydrogens is 294 g/mol. The molecule has 0 atom stereocenters. The van der Waals surface area contributed by atoms with Gasteiger partial charge in [0.1, 0.15) is 0 Å². The summed E-state index contributed by atoms with van der Waals surface area (Å²) in [7, 11) is 0. The molecule has 0 spiro atoms. The van der Waals surface area contributed by atoms with Crippen molar-refractivity contribution in [2.45, 2.75) is 12.8 Å². The van der Waals surface area contributed by atoms with Gasteiger partial charge in [-0.3, -0.25) is 0 Å². The zero-order chi connectivity index (χ0) is 15.0. The normalized spacial score (nSPS) is 20.5. The van der Waals surface area contributed by atoms with Crippen LogP contribution in [-0.2, 0) is 4.74 Å². The molecule has 2 saturated heterocycles. The summed E-state index contributed by atoms with van der Waals surface area (Å²) < 4.78 is 5.47. The SMILES string of the molecule is c1ccc(N=C(SCCN2CCCC2)N2CCOCC2)cc1. The lowest BCUT2D eigenvalue weighted by Gasteiger charge is -2.29. The van der Waals surface area contributed by atoms with Crippen molar-refractivity contribution in [3.63, 3.8) is 0 Å². The molecule has 1 aromatic carbocycles. The number of thioether (sulfide) groups is 1. The van der Waals surface area contributed by atoms with Crippen molar-refractivity contribution in [1.82, 2.24) is 9.80 Å². The van der Waals surface area contributed by atoms with E-state index >= 15 is 0 Å². The van der Waals surface area contributed by atoms with E-state index in [9.17, 15) is 0 Å². The lowest BCUT2D eigenvalue weighted by molar-refractivity contribution is 0.0693. The van der Waals surface area contributed by atoms with E-state index in [1.54, 1.807) is 0 Å². The zero-order valence-electron chi connectivity index (χ0n) is 13.1. The topological polar surface area (TPSA) is 28.1 Å². The van der Waals surface area contributed by atoms with Gasteiger partial charge in [0.2, 0.25) is 0 Å². The van der Waals surface area contributed by atoms with Gasteiger partial charge >= 0.3 is 0 Å². The van der Waals surface area contributed by atoms with Gasteiger partial charge in [-0.25, -0.2) is 4.99 Å². The second kappa shape index (κ2) is 8.56. The smallest absolute Gasteiger partial charge is 0.164 e. The first-order valence-electron chi connectivity index (χ1n) is 8.23. The fourth-order valence-electron chi connectivity index (χ4n) is 2.83.